The molecule has 2 aromatic carbocycles. The summed E-state index contributed by atoms with van der Waals surface area (Å²) in [5.74, 6) is 0. The average molecular weight is 540 g/mol. The van der Waals surface area contributed by atoms with Gasteiger partial charge in [-0.3, -0.25) is 0 Å². The quantitative estimate of drug-likeness (QED) is 0.542. The van der Waals surface area contributed by atoms with E-state index in [2.05, 4.69) is 0 Å². The Kier molecular flexibility index (Phi) is 5.51. The van der Waals surface area contributed by atoms with Crippen molar-refractivity contribution in [3.8, 4) is 0 Å². The molecule has 2 aromatic rings. The van der Waals surface area contributed by atoms with Crippen LogP contribution in [0.5, 0.6) is 0 Å². The summed E-state index contributed by atoms with van der Waals surface area (Å²) in [7, 11) is -9.17. The van der Waals surface area contributed by atoms with Gasteiger partial charge < -0.3 is 0 Å². The molecule has 0 heterocycles. The molecule has 0 fully saturated rings. The average Bonchev–Trinajstić information content (AvgIpc) is 3.30. The second kappa shape index (κ2) is 7.53. The van der Waals surface area contributed by atoms with E-state index >= 15 is 0 Å². The van der Waals surface area contributed by atoms with Crippen molar-refractivity contribution in [3.05, 3.63) is 82.9 Å². The Bertz CT molecular complexity index is 1300. The van der Waals surface area contributed by atoms with Crippen molar-refractivity contribution in [2.45, 2.75) is 14.2 Å². The van der Waals surface area contributed by atoms with Gasteiger partial charge in [-0.2, -0.15) is 0 Å². The van der Waals surface area contributed by atoms with Crippen molar-refractivity contribution < 1.29 is 44.2 Å². The SMILES string of the molecule is C[CH]=[Zr]([CH2]S(=O)(=O)O)([CH2]S(=O)(=O)O)([CH]1C=Cc2ccccc21)[CH]1C=Cc2ccccc21. The first-order valence-corrected chi connectivity index (χ1v) is 20.9. The molecule has 4 rings (SSSR count). The Balaban J connectivity index is 2.15. The molecule has 0 amide bonds. The molecule has 0 aromatic heterocycles. The van der Waals surface area contributed by atoms with Crippen LogP contribution in [0.2, 0.25) is 0 Å². The molecule has 0 radical (unpaired) electrons. The number of fused-ring (bicyclic) bond motifs is 2. The number of hydrogen-bond donors (Lipinski definition) is 2. The second-order valence-corrected chi connectivity index (χ2v) is 30.0. The summed E-state index contributed by atoms with van der Waals surface area (Å²) < 4.78 is 69.7. The summed E-state index contributed by atoms with van der Waals surface area (Å²) in [6.07, 6.45) is 7.47. The van der Waals surface area contributed by atoms with Crippen molar-refractivity contribution in [1.82, 2.24) is 0 Å². The van der Waals surface area contributed by atoms with Crippen molar-refractivity contribution in [3.63, 3.8) is 0 Å². The Hall–Kier alpha value is -1.51. The molecule has 2 aliphatic carbocycles. The first-order chi connectivity index (χ1) is 14.5. The number of hydrogen-bond acceptors (Lipinski definition) is 4. The molecule has 31 heavy (non-hydrogen) atoms. The summed E-state index contributed by atoms with van der Waals surface area (Å²) in [4.78, 5) is 0. The molecule has 2 N–H and O–H groups in total. The third-order valence-electron chi connectivity index (χ3n) is 7.01. The van der Waals surface area contributed by atoms with Crippen LogP contribution in [0.3, 0.4) is 0 Å². The van der Waals surface area contributed by atoms with Crippen molar-refractivity contribution >= 4 is 36.1 Å². The van der Waals surface area contributed by atoms with E-state index in [0.717, 1.165) is 22.3 Å². The number of allylic oxidation sites excluding steroid dienone is 2. The summed E-state index contributed by atoms with van der Waals surface area (Å²) in [5.41, 5.74) is 3.43. The molecule has 0 bridgehead atoms. The van der Waals surface area contributed by atoms with Crippen LogP contribution in [0.1, 0.15) is 36.4 Å². The number of rotatable bonds is 6. The first kappa shape index (κ1) is 22.7. The zero-order valence-electron chi connectivity index (χ0n) is 16.9. The molecule has 164 valence electrons. The molecule has 2 aliphatic rings. The molecule has 6 nitrogen and oxygen atoms in total. The van der Waals surface area contributed by atoms with Crippen LogP contribution < -0.4 is 0 Å². The number of benzene rings is 2. The molecule has 2 unspecified atom stereocenters. The summed E-state index contributed by atoms with van der Waals surface area (Å²) in [6.45, 7) is 1.69. The van der Waals surface area contributed by atoms with Crippen LogP contribution in [0, 0.1) is 0 Å². The van der Waals surface area contributed by atoms with Crippen molar-refractivity contribution in [1.29, 1.82) is 0 Å². The van der Waals surface area contributed by atoms with Gasteiger partial charge in [0.25, 0.3) is 0 Å². The minimum absolute atomic E-state index is 0.521. The molecule has 0 saturated heterocycles. The van der Waals surface area contributed by atoms with Crippen LogP contribution in [0.4, 0.5) is 0 Å². The van der Waals surface area contributed by atoms with Gasteiger partial charge in [-0.1, -0.05) is 0 Å². The second-order valence-electron chi connectivity index (χ2n) is 8.65. The van der Waals surface area contributed by atoms with E-state index in [1.165, 1.54) is 0 Å². The minimum atomic E-state index is -5.49. The van der Waals surface area contributed by atoms with Gasteiger partial charge >= 0.3 is 184 Å². The van der Waals surface area contributed by atoms with Crippen LogP contribution >= 0.6 is 0 Å². The van der Waals surface area contributed by atoms with Gasteiger partial charge in [0.05, 0.1) is 0 Å². The third-order valence-corrected chi connectivity index (χ3v) is 38.9. The first-order valence-electron chi connectivity index (χ1n) is 9.90. The van der Waals surface area contributed by atoms with E-state index in [1.807, 2.05) is 72.8 Å². The van der Waals surface area contributed by atoms with Crippen LogP contribution in [0.25, 0.3) is 12.2 Å². The Morgan fingerprint density at radius 2 is 1.16 bits per heavy atom. The fraction of sp³-hybridized carbons (Fsp3) is 0.227. The maximum absolute atomic E-state index is 12.5. The van der Waals surface area contributed by atoms with E-state index in [-0.39, 0.29) is 0 Å². The fourth-order valence-electron chi connectivity index (χ4n) is 5.80. The van der Waals surface area contributed by atoms with E-state index in [1.54, 1.807) is 10.6 Å². The van der Waals surface area contributed by atoms with Crippen LogP contribution in [-0.4, -0.2) is 36.6 Å². The maximum atomic E-state index is 12.5. The van der Waals surface area contributed by atoms with Crippen molar-refractivity contribution in [2.75, 3.05) is 6.92 Å². The van der Waals surface area contributed by atoms with Gasteiger partial charge in [0, 0.05) is 0 Å². The van der Waals surface area contributed by atoms with E-state index in [0.29, 0.717) is 0 Å². The monoisotopic (exact) mass is 538 g/mol. The van der Waals surface area contributed by atoms with Gasteiger partial charge in [-0.15, -0.1) is 0 Å². The molecule has 0 aliphatic heterocycles. The zero-order chi connectivity index (χ0) is 22.5. The van der Waals surface area contributed by atoms with Crippen LogP contribution in [-0.2, 0) is 38.5 Å². The molecular formula is C22H24O6S2Zr. The van der Waals surface area contributed by atoms with E-state index in [4.69, 9.17) is 0 Å². The standard InChI is InChI=1S/2C9H7.C2H4.2CH3O3S.Zr/c2*1-2-5-9-7-3-6-8(9)4-1;1-2;2*1-5(2,3)4;/h2*1-7H;1H,2H3;2*1H2,(H,2,3,4);. The topological polar surface area (TPSA) is 109 Å². The Labute approximate surface area is 183 Å². The summed E-state index contributed by atoms with van der Waals surface area (Å²) in [6, 6.07) is 14.9. The van der Waals surface area contributed by atoms with E-state index in [9.17, 15) is 25.9 Å². The molecule has 0 saturated carbocycles. The summed E-state index contributed by atoms with van der Waals surface area (Å²) >= 11 is -5.49. The van der Waals surface area contributed by atoms with Gasteiger partial charge in [-0.05, 0) is 0 Å². The Morgan fingerprint density at radius 3 is 1.52 bits per heavy atom. The zero-order valence-corrected chi connectivity index (χ0v) is 21.0. The van der Waals surface area contributed by atoms with E-state index < -0.39 is 52.7 Å². The predicted molar refractivity (Wildman–Crippen MR) is 121 cm³/mol. The molecule has 2 atom stereocenters. The summed E-state index contributed by atoms with van der Waals surface area (Å²) in [5, 5.41) is 0. The van der Waals surface area contributed by atoms with Crippen molar-refractivity contribution in [2.24, 2.45) is 0 Å². The fourth-order valence-corrected chi connectivity index (χ4v) is 42.5. The van der Waals surface area contributed by atoms with Gasteiger partial charge in [0.15, 0.2) is 0 Å². The van der Waals surface area contributed by atoms with Crippen LogP contribution in [0.15, 0.2) is 60.7 Å². The normalized spacial score (nSPS) is 20.5. The van der Waals surface area contributed by atoms with Gasteiger partial charge in [0.2, 0.25) is 0 Å². The molecular weight excluding hydrogens is 516 g/mol. The van der Waals surface area contributed by atoms with Gasteiger partial charge in [0.1, 0.15) is 0 Å². The molecule has 9 heteroatoms. The predicted octanol–water partition coefficient (Wildman–Crippen LogP) is 3.72. The van der Waals surface area contributed by atoms with Gasteiger partial charge in [-0.25, -0.2) is 0 Å². The Morgan fingerprint density at radius 1 is 0.774 bits per heavy atom. The molecule has 0 spiro atoms. The third kappa shape index (κ3) is 3.81.